The molecule has 0 aromatic heterocycles. The van der Waals surface area contributed by atoms with Gasteiger partial charge in [-0.2, -0.15) is 4.31 Å². The summed E-state index contributed by atoms with van der Waals surface area (Å²) in [5.41, 5.74) is 0.810. The second-order valence-electron chi connectivity index (χ2n) is 6.53. The number of halogens is 2. The Morgan fingerprint density at radius 1 is 1.14 bits per heavy atom. The summed E-state index contributed by atoms with van der Waals surface area (Å²) in [6.45, 7) is 1.36. The standard InChI is InChI=1S/C18H19Cl2N3O5S/c1-21(12-13-2-4-15(19)16(20)10-13)17-5-3-14(11-18(17)23(24)25)29(26,27)22-6-8-28-9-7-22/h2-5,10-11H,6-9,12H2,1H3. The molecular formula is C18H19Cl2N3O5S. The van der Waals surface area contributed by atoms with Crippen LogP contribution in [0.2, 0.25) is 10.0 Å². The fourth-order valence-corrected chi connectivity index (χ4v) is 4.81. The minimum atomic E-state index is -3.83. The lowest BCUT2D eigenvalue weighted by Crippen LogP contribution is -2.40. The van der Waals surface area contributed by atoms with Gasteiger partial charge in [-0.25, -0.2) is 8.42 Å². The summed E-state index contributed by atoms with van der Waals surface area (Å²) >= 11 is 12.0. The van der Waals surface area contributed by atoms with Gasteiger partial charge in [0.15, 0.2) is 0 Å². The molecule has 0 amide bonds. The zero-order valence-corrected chi connectivity index (χ0v) is 17.9. The molecule has 156 valence electrons. The zero-order valence-electron chi connectivity index (χ0n) is 15.5. The van der Waals surface area contributed by atoms with E-state index in [0.717, 1.165) is 11.6 Å². The fraction of sp³-hybridized carbons (Fsp3) is 0.333. The molecule has 2 aromatic carbocycles. The first-order valence-corrected chi connectivity index (χ1v) is 10.9. The maximum absolute atomic E-state index is 12.8. The van der Waals surface area contributed by atoms with Gasteiger partial charge in [-0.3, -0.25) is 10.1 Å². The van der Waals surface area contributed by atoms with E-state index in [9.17, 15) is 18.5 Å². The minimum absolute atomic E-state index is 0.113. The Labute approximate surface area is 178 Å². The van der Waals surface area contributed by atoms with Crippen LogP contribution in [-0.4, -0.2) is 51.0 Å². The van der Waals surface area contributed by atoms with Crippen LogP contribution in [0.15, 0.2) is 41.3 Å². The SMILES string of the molecule is CN(Cc1ccc(Cl)c(Cl)c1)c1ccc(S(=O)(=O)N2CCOCC2)cc1[N+](=O)[O-]. The van der Waals surface area contributed by atoms with E-state index >= 15 is 0 Å². The lowest BCUT2D eigenvalue weighted by Gasteiger charge is -2.26. The van der Waals surface area contributed by atoms with Gasteiger partial charge in [0.2, 0.25) is 10.0 Å². The van der Waals surface area contributed by atoms with Gasteiger partial charge in [0.05, 0.1) is 33.1 Å². The monoisotopic (exact) mass is 459 g/mol. The number of morpholine rings is 1. The summed E-state index contributed by atoms with van der Waals surface area (Å²) in [5, 5.41) is 12.5. The van der Waals surface area contributed by atoms with Crippen molar-refractivity contribution in [3.8, 4) is 0 Å². The number of hydrogen-bond donors (Lipinski definition) is 0. The van der Waals surface area contributed by atoms with Crippen LogP contribution in [0.4, 0.5) is 11.4 Å². The van der Waals surface area contributed by atoms with Gasteiger partial charge in [0, 0.05) is 32.7 Å². The van der Waals surface area contributed by atoms with Crippen molar-refractivity contribution in [2.24, 2.45) is 0 Å². The number of anilines is 1. The molecule has 2 aromatic rings. The second kappa shape index (κ2) is 8.85. The van der Waals surface area contributed by atoms with E-state index in [1.165, 1.54) is 16.4 Å². The molecule has 1 aliphatic heterocycles. The third-order valence-corrected chi connectivity index (χ3v) is 7.20. The van der Waals surface area contributed by atoms with Crippen molar-refractivity contribution in [2.45, 2.75) is 11.4 Å². The molecule has 0 aliphatic carbocycles. The van der Waals surface area contributed by atoms with Crippen molar-refractivity contribution >= 4 is 44.6 Å². The lowest BCUT2D eigenvalue weighted by molar-refractivity contribution is -0.384. The van der Waals surface area contributed by atoms with Crippen LogP contribution in [0.1, 0.15) is 5.56 Å². The van der Waals surface area contributed by atoms with Gasteiger partial charge < -0.3 is 9.64 Å². The molecule has 0 spiro atoms. The summed E-state index contributed by atoms with van der Waals surface area (Å²) in [6.07, 6.45) is 0. The van der Waals surface area contributed by atoms with Gasteiger partial charge in [-0.1, -0.05) is 29.3 Å². The molecule has 3 rings (SSSR count). The van der Waals surface area contributed by atoms with Crippen molar-refractivity contribution in [3.63, 3.8) is 0 Å². The van der Waals surface area contributed by atoms with Gasteiger partial charge in [-0.05, 0) is 29.8 Å². The number of hydrogen-bond acceptors (Lipinski definition) is 6. The van der Waals surface area contributed by atoms with Crippen molar-refractivity contribution < 1.29 is 18.1 Å². The molecule has 0 radical (unpaired) electrons. The molecule has 0 N–H and O–H groups in total. The second-order valence-corrected chi connectivity index (χ2v) is 9.28. The van der Waals surface area contributed by atoms with Crippen molar-refractivity contribution in [1.82, 2.24) is 4.31 Å². The van der Waals surface area contributed by atoms with Crippen LogP contribution in [0, 0.1) is 10.1 Å². The first-order valence-electron chi connectivity index (χ1n) is 8.71. The number of ether oxygens (including phenoxy) is 1. The van der Waals surface area contributed by atoms with Crippen LogP contribution in [0.25, 0.3) is 0 Å². The number of benzene rings is 2. The van der Waals surface area contributed by atoms with Crippen LogP contribution in [0.3, 0.4) is 0 Å². The smallest absolute Gasteiger partial charge is 0.293 e. The van der Waals surface area contributed by atoms with Gasteiger partial charge in [-0.15, -0.1) is 0 Å². The summed E-state index contributed by atoms with van der Waals surface area (Å²) in [4.78, 5) is 12.6. The molecule has 29 heavy (non-hydrogen) atoms. The van der Waals surface area contributed by atoms with E-state index in [2.05, 4.69) is 0 Å². The lowest BCUT2D eigenvalue weighted by atomic mass is 10.2. The predicted molar refractivity (Wildman–Crippen MR) is 111 cm³/mol. The Hall–Kier alpha value is -1.91. The van der Waals surface area contributed by atoms with E-state index in [1.54, 1.807) is 30.1 Å². The number of sulfonamides is 1. The molecule has 0 atom stereocenters. The third kappa shape index (κ3) is 4.81. The predicted octanol–water partition coefficient (Wildman–Crippen LogP) is 3.56. The van der Waals surface area contributed by atoms with Gasteiger partial charge in [0.1, 0.15) is 5.69 Å². The molecule has 1 aliphatic rings. The van der Waals surface area contributed by atoms with E-state index in [-0.39, 0.29) is 23.7 Å². The summed E-state index contributed by atoms with van der Waals surface area (Å²) in [7, 11) is -2.15. The minimum Gasteiger partial charge on any atom is -0.379 e. The highest BCUT2D eigenvalue weighted by molar-refractivity contribution is 7.89. The highest BCUT2D eigenvalue weighted by atomic mass is 35.5. The van der Waals surface area contributed by atoms with Crippen LogP contribution in [0.5, 0.6) is 0 Å². The summed E-state index contributed by atoms with van der Waals surface area (Å²) < 4.78 is 32.1. The maximum atomic E-state index is 12.8. The average molecular weight is 460 g/mol. The van der Waals surface area contributed by atoms with Crippen molar-refractivity contribution in [1.29, 1.82) is 0 Å². The first-order chi connectivity index (χ1) is 13.7. The molecule has 0 saturated carbocycles. The number of rotatable bonds is 6. The van der Waals surface area contributed by atoms with Crippen molar-refractivity contribution in [3.05, 3.63) is 62.1 Å². The Balaban J connectivity index is 1.91. The number of nitro groups is 1. The van der Waals surface area contributed by atoms with Crippen molar-refractivity contribution in [2.75, 3.05) is 38.3 Å². The Morgan fingerprint density at radius 2 is 1.83 bits per heavy atom. The Morgan fingerprint density at radius 3 is 2.45 bits per heavy atom. The van der Waals surface area contributed by atoms with E-state index in [0.29, 0.717) is 35.5 Å². The molecule has 1 heterocycles. The molecule has 0 unspecified atom stereocenters. The van der Waals surface area contributed by atoms with Gasteiger partial charge in [0.25, 0.3) is 5.69 Å². The van der Waals surface area contributed by atoms with E-state index < -0.39 is 14.9 Å². The molecule has 11 heteroatoms. The average Bonchev–Trinajstić information content (AvgIpc) is 2.70. The largest absolute Gasteiger partial charge is 0.379 e. The Bertz CT molecular complexity index is 1030. The van der Waals surface area contributed by atoms with E-state index in [1.807, 2.05) is 0 Å². The first kappa shape index (κ1) is 21.8. The normalized spacial score (nSPS) is 15.3. The van der Waals surface area contributed by atoms with Crippen LogP contribution in [-0.2, 0) is 21.3 Å². The molecule has 0 bridgehead atoms. The molecule has 1 fully saturated rings. The van der Waals surface area contributed by atoms with E-state index in [4.69, 9.17) is 27.9 Å². The summed E-state index contributed by atoms with van der Waals surface area (Å²) in [6, 6.07) is 9.05. The molecule has 8 nitrogen and oxygen atoms in total. The molecule has 1 saturated heterocycles. The number of nitrogens with zero attached hydrogens (tertiary/aromatic N) is 3. The third-order valence-electron chi connectivity index (χ3n) is 4.57. The Kier molecular flexibility index (Phi) is 6.65. The van der Waals surface area contributed by atoms with Crippen LogP contribution < -0.4 is 4.90 Å². The molecular weight excluding hydrogens is 441 g/mol. The fourth-order valence-electron chi connectivity index (χ4n) is 3.07. The highest BCUT2D eigenvalue weighted by Crippen LogP contribution is 2.33. The quantitative estimate of drug-likeness (QED) is 0.484. The number of nitro benzene ring substituents is 1. The zero-order chi connectivity index (χ0) is 21.2. The topological polar surface area (TPSA) is 93.0 Å². The van der Waals surface area contributed by atoms with Gasteiger partial charge >= 0.3 is 0 Å². The highest BCUT2D eigenvalue weighted by Gasteiger charge is 2.29. The summed E-state index contributed by atoms with van der Waals surface area (Å²) in [5.74, 6) is 0. The maximum Gasteiger partial charge on any atom is 0.293 e. The van der Waals surface area contributed by atoms with Crippen LogP contribution >= 0.6 is 23.2 Å².